The molecule has 0 amide bonds. The number of hydrogen-bond acceptors (Lipinski definition) is 4. The van der Waals surface area contributed by atoms with Crippen molar-refractivity contribution in [2.24, 2.45) is 0 Å². The highest BCUT2D eigenvalue weighted by atomic mass is 32.1. The molecular formula is C10H19N3S. The van der Waals surface area contributed by atoms with Crippen LogP contribution in [-0.2, 0) is 6.54 Å². The lowest BCUT2D eigenvalue weighted by Crippen LogP contribution is -2.27. The number of aromatic nitrogens is 2. The van der Waals surface area contributed by atoms with Gasteiger partial charge >= 0.3 is 0 Å². The van der Waals surface area contributed by atoms with Crippen molar-refractivity contribution in [2.75, 3.05) is 0 Å². The summed E-state index contributed by atoms with van der Waals surface area (Å²) in [5.74, 6) is 0. The molecule has 1 heterocycles. The smallest absolute Gasteiger partial charge is 0.131 e. The molecule has 0 aliphatic heterocycles. The van der Waals surface area contributed by atoms with Gasteiger partial charge in [-0.1, -0.05) is 20.3 Å². The van der Waals surface area contributed by atoms with E-state index in [1.54, 1.807) is 11.3 Å². The number of rotatable bonds is 6. The van der Waals surface area contributed by atoms with Gasteiger partial charge in [0.2, 0.25) is 0 Å². The zero-order chi connectivity index (χ0) is 10.4. The van der Waals surface area contributed by atoms with E-state index >= 15 is 0 Å². The minimum absolute atomic E-state index is 0.629. The molecule has 1 rings (SSSR count). The maximum atomic E-state index is 4.09. The van der Waals surface area contributed by atoms with Crippen LogP contribution in [0, 0.1) is 6.92 Å². The van der Waals surface area contributed by atoms with E-state index in [1.807, 2.05) is 6.92 Å². The van der Waals surface area contributed by atoms with Crippen LogP contribution in [0.4, 0.5) is 0 Å². The third-order valence-electron chi connectivity index (χ3n) is 2.24. The highest BCUT2D eigenvalue weighted by molar-refractivity contribution is 7.11. The first-order valence-corrected chi connectivity index (χ1v) is 6.10. The first-order valence-electron chi connectivity index (χ1n) is 5.28. The molecule has 1 N–H and O–H groups in total. The molecular weight excluding hydrogens is 194 g/mol. The molecule has 0 saturated heterocycles. The van der Waals surface area contributed by atoms with Crippen LogP contribution < -0.4 is 5.32 Å². The molecule has 1 atom stereocenters. The van der Waals surface area contributed by atoms with Crippen LogP contribution in [0.1, 0.15) is 43.1 Å². The Bertz CT molecular complexity index is 260. The quantitative estimate of drug-likeness (QED) is 0.789. The molecule has 1 unspecified atom stereocenters. The monoisotopic (exact) mass is 213 g/mol. The Morgan fingerprint density at radius 3 is 2.64 bits per heavy atom. The van der Waals surface area contributed by atoms with Crippen molar-refractivity contribution in [2.45, 2.75) is 52.6 Å². The summed E-state index contributed by atoms with van der Waals surface area (Å²) in [6, 6.07) is 0.629. The fourth-order valence-corrected chi connectivity index (χ4v) is 2.10. The lowest BCUT2D eigenvalue weighted by molar-refractivity contribution is 0.461. The molecule has 80 valence electrons. The van der Waals surface area contributed by atoms with E-state index in [4.69, 9.17) is 0 Å². The lowest BCUT2D eigenvalue weighted by Gasteiger charge is -2.14. The minimum Gasteiger partial charge on any atom is -0.308 e. The molecule has 0 radical (unpaired) electrons. The third kappa shape index (κ3) is 3.72. The fraction of sp³-hybridized carbons (Fsp3) is 0.800. The van der Waals surface area contributed by atoms with Crippen molar-refractivity contribution < 1.29 is 0 Å². The van der Waals surface area contributed by atoms with E-state index in [9.17, 15) is 0 Å². The van der Waals surface area contributed by atoms with Crippen LogP contribution in [-0.4, -0.2) is 16.2 Å². The molecule has 0 fully saturated rings. The summed E-state index contributed by atoms with van der Waals surface area (Å²) in [4.78, 5) is 0. The van der Waals surface area contributed by atoms with Crippen molar-refractivity contribution >= 4 is 11.3 Å². The molecule has 3 nitrogen and oxygen atoms in total. The summed E-state index contributed by atoms with van der Waals surface area (Å²) in [6.07, 6.45) is 3.67. The molecule has 0 spiro atoms. The standard InChI is InChI=1S/C10H19N3S/c1-4-6-9(5-2)11-7-10-13-12-8(3)14-10/h9,11H,4-7H2,1-3H3. The first kappa shape index (κ1) is 11.6. The van der Waals surface area contributed by atoms with Gasteiger partial charge in [-0.3, -0.25) is 0 Å². The van der Waals surface area contributed by atoms with Crippen LogP contribution in [0.2, 0.25) is 0 Å². The number of aryl methyl sites for hydroxylation is 1. The van der Waals surface area contributed by atoms with Gasteiger partial charge in [-0.15, -0.1) is 21.5 Å². The van der Waals surface area contributed by atoms with Gasteiger partial charge < -0.3 is 5.32 Å². The molecule has 1 aromatic heterocycles. The molecule has 14 heavy (non-hydrogen) atoms. The van der Waals surface area contributed by atoms with E-state index in [0.29, 0.717) is 6.04 Å². The van der Waals surface area contributed by atoms with Crippen molar-refractivity contribution in [3.8, 4) is 0 Å². The van der Waals surface area contributed by atoms with Crippen LogP contribution in [0.5, 0.6) is 0 Å². The van der Waals surface area contributed by atoms with Gasteiger partial charge in [-0.05, 0) is 19.8 Å². The average molecular weight is 213 g/mol. The SMILES string of the molecule is CCCC(CC)NCc1nnc(C)s1. The third-order valence-corrected chi connectivity index (χ3v) is 3.08. The Balaban J connectivity index is 2.31. The fourth-order valence-electron chi connectivity index (χ4n) is 1.44. The topological polar surface area (TPSA) is 37.8 Å². The minimum atomic E-state index is 0.629. The molecule has 0 aliphatic carbocycles. The Hall–Kier alpha value is -0.480. The Morgan fingerprint density at radius 1 is 1.36 bits per heavy atom. The van der Waals surface area contributed by atoms with E-state index in [0.717, 1.165) is 16.6 Å². The average Bonchev–Trinajstić information content (AvgIpc) is 2.59. The number of hydrogen-bond donors (Lipinski definition) is 1. The molecule has 4 heteroatoms. The molecule has 0 saturated carbocycles. The van der Waals surface area contributed by atoms with Crippen molar-refractivity contribution in [3.05, 3.63) is 10.0 Å². The van der Waals surface area contributed by atoms with Crippen LogP contribution >= 0.6 is 11.3 Å². The Morgan fingerprint density at radius 2 is 2.14 bits per heavy atom. The van der Waals surface area contributed by atoms with Crippen molar-refractivity contribution in [1.82, 2.24) is 15.5 Å². The second-order valence-corrected chi connectivity index (χ2v) is 4.76. The van der Waals surface area contributed by atoms with Crippen LogP contribution in [0.3, 0.4) is 0 Å². The second-order valence-electron chi connectivity index (χ2n) is 3.49. The van der Waals surface area contributed by atoms with Crippen molar-refractivity contribution in [3.63, 3.8) is 0 Å². The summed E-state index contributed by atoms with van der Waals surface area (Å²) in [6.45, 7) is 7.30. The molecule has 0 bridgehead atoms. The summed E-state index contributed by atoms with van der Waals surface area (Å²) in [5.41, 5.74) is 0. The number of nitrogens with zero attached hydrogens (tertiary/aromatic N) is 2. The zero-order valence-electron chi connectivity index (χ0n) is 9.21. The maximum absolute atomic E-state index is 4.09. The highest BCUT2D eigenvalue weighted by Crippen LogP contribution is 2.09. The summed E-state index contributed by atoms with van der Waals surface area (Å²) in [7, 11) is 0. The summed E-state index contributed by atoms with van der Waals surface area (Å²) < 4.78 is 0. The number of nitrogens with one attached hydrogen (secondary N) is 1. The second kappa shape index (κ2) is 6.09. The molecule has 0 aliphatic rings. The normalized spacial score (nSPS) is 13.1. The van der Waals surface area contributed by atoms with Crippen molar-refractivity contribution in [1.29, 1.82) is 0 Å². The highest BCUT2D eigenvalue weighted by Gasteiger charge is 2.06. The van der Waals surface area contributed by atoms with Gasteiger partial charge in [0.15, 0.2) is 0 Å². The molecule has 1 aromatic rings. The predicted molar refractivity (Wildman–Crippen MR) is 60.5 cm³/mol. The van der Waals surface area contributed by atoms with E-state index in [-0.39, 0.29) is 0 Å². The van der Waals surface area contributed by atoms with Gasteiger partial charge in [0.05, 0.1) is 0 Å². The van der Waals surface area contributed by atoms with Crippen LogP contribution in [0.15, 0.2) is 0 Å². The largest absolute Gasteiger partial charge is 0.308 e. The lowest BCUT2D eigenvalue weighted by atomic mass is 10.1. The maximum Gasteiger partial charge on any atom is 0.131 e. The first-order chi connectivity index (χ1) is 6.76. The van der Waals surface area contributed by atoms with Crippen LogP contribution in [0.25, 0.3) is 0 Å². The van der Waals surface area contributed by atoms with Gasteiger partial charge in [0.1, 0.15) is 10.0 Å². The summed E-state index contributed by atoms with van der Waals surface area (Å²) >= 11 is 1.67. The van der Waals surface area contributed by atoms with E-state index in [1.165, 1.54) is 19.3 Å². The van der Waals surface area contributed by atoms with Gasteiger partial charge in [-0.2, -0.15) is 0 Å². The summed E-state index contributed by atoms with van der Waals surface area (Å²) in [5, 5.41) is 13.7. The zero-order valence-corrected chi connectivity index (χ0v) is 10.0. The van der Waals surface area contributed by atoms with E-state index < -0.39 is 0 Å². The Labute approximate surface area is 89.9 Å². The van der Waals surface area contributed by atoms with E-state index in [2.05, 4.69) is 29.4 Å². The van der Waals surface area contributed by atoms with Gasteiger partial charge in [0, 0.05) is 12.6 Å². The molecule has 0 aromatic carbocycles. The van der Waals surface area contributed by atoms with Gasteiger partial charge in [0.25, 0.3) is 0 Å². The Kier molecular flexibility index (Phi) is 5.04. The van der Waals surface area contributed by atoms with Gasteiger partial charge in [-0.25, -0.2) is 0 Å². The predicted octanol–water partition coefficient (Wildman–Crippen LogP) is 2.51.